The van der Waals surface area contributed by atoms with E-state index in [1.807, 2.05) is 24.9 Å². The molecular formula is C16H23FN6O. The van der Waals surface area contributed by atoms with Crippen LogP contribution < -0.4 is 0 Å². The first-order valence-electron chi connectivity index (χ1n) is 8.01. The Hall–Kier alpha value is -2.22. The molecule has 1 fully saturated rings. The Balaban J connectivity index is 1.65. The van der Waals surface area contributed by atoms with Crippen LogP contribution in [0.2, 0.25) is 0 Å². The summed E-state index contributed by atoms with van der Waals surface area (Å²) in [5, 5.41) is 0. The number of hydrogen-bond acceptors (Lipinski definition) is 4. The minimum Gasteiger partial charge on any atom is -0.340 e. The van der Waals surface area contributed by atoms with Gasteiger partial charge >= 0.3 is 0 Å². The van der Waals surface area contributed by atoms with Gasteiger partial charge in [-0.3, -0.25) is 9.69 Å². The van der Waals surface area contributed by atoms with E-state index in [0.29, 0.717) is 31.7 Å². The predicted octanol–water partition coefficient (Wildman–Crippen LogP) is 0.838. The highest BCUT2D eigenvalue weighted by Gasteiger charge is 2.34. The van der Waals surface area contributed by atoms with Gasteiger partial charge in [-0.15, -0.1) is 0 Å². The number of hydrogen-bond donors (Lipinski definition) is 0. The van der Waals surface area contributed by atoms with Gasteiger partial charge in [0.2, 0.25) is 0 Å². The van der Waals surface area contributed by atoms with Crippen LogP contribution in [0.3, 0.4) is 0 Å². The van der Waals surface area contributed by atoms with Crippen molar-refractivity contribution in [3.63, 3.8) is 0 Å². The van der Waals surface area contributed by atoms with Gasteiger partial charge in [0.1, 0.15) is 17.7 Å². The summed E-state index contributed by atoms with van der Waals surface area (Å²) in [5.74, 6) is 0.752. The van der Waals surface area contributed by atoms with E-state index in [0.717, 1.165) is 5.82 Å². The number of alkyl halides is 1. The lowest BCUT2D eigenvalue weighted by Gasteiger charge is -2.27. The summed E-state index contributed by atoms with van der Waals surface area (Å²) in [4.78, 5) is 24.5. The minimum atomic E-state index is -0.867. The summed E-state index contributed by atoms with van der Waals surface area (Å²) >= 11 is 0. The quantitative estimate of drug-likeness (QED) is 0.813. The standard InChI is InChI=1S/C16H23FN6O/c1-20-9-14(19-11-20)16(24)22(3)8-13-6-12(17)7-23(13)10-15-18-4-5-21(15)2/h4-5,9,11-13H,6-8,10H2,1-3H3/t12-,13-/m0/s1. The van der Waals surface area contributed by atoms with Crippen molar-refractivity contribution in [1.82, 2.24) is 28.9 Å². The molecule has 1 aliphatic rings. The molecule has 0 unspecified atom stereocenters. The van der Waals surface area contributed by atoms with Crippen molar-refractivity contribution in [2.24, 2.45) is 14.1 Å². The summed E-state index contributed by atoms with van der Waals surface area (Å²) < 4.78 is 17.6. The second-order valence-electron chi connectivity index (χ2n) is 6.48. The number of aryl methyl sites for hydroxylation is 2. The van der Waals surface area contributed by atoms with Crippen LogP contribution in [0, 0.1) is 0 Å². The molecule has 3 heterocycles. The lowest BCUT2D eigenvalue weighted by Crippen LogP contribution is -2.41. The van der Waals surface area contributed by atoms with Crippen molar-refractivity contribution >= 4 is 5.91 Å². The Labute approximate surface area is 140 Å². The van der Waals surface area contributed by atoms with E-state index in [-0.39, 0.29) is 11.9 Å². The zero-order valence-corrected chi connectivity index (χ0v) is 14.3. The molecule has 1 amide bonds. The van der Waals surface area contributed by atoms with Gasteiger partial charge in [-0.1, -0.05) is 0 Å². The van der Waals surface area contributed by atoms with Crippen LogP contribution in [0.1, 0.15) is 22.7 Å². The third-order valence-corrected chi connectivity index (χ3v) is 4.50. The van der Waals surface area contributed by atoms with Crippen LogP contribution in [0.25, 0.3) is 0 Å². The second-order valence-corrected chi connectivity index (χ2v) is 6.48. The number of halogens is 1. The van der Waals surface area contributed by atoms with Gasteiger partial charge < -0.3 is 14.0 Å². The molecule has 2 atom stereocenters. The zero-order chi connectivity index (χ0) is 17.3. The van der Waals surface area contributed by atoms with Gasteiger partial charge in [0.25, 0.3) is 5.91 Å². The molecular weight excluding hydrogens is 311 g/mol. The molecule has 3 rings (SSSR count). The van der Waals surface area contributed by atoms with Crippen molar-refractivity contribution in [3.8, 4) is 0 Å². The van der Waals surface area contributed by atoms with Crippen molar-refractivity contribution in [3.05, 3.63) is 36.4 Å². The van der Waals surface area contributed by atoms with E-state index in [1.54, 1.807) is 35.2 Å². The molecule has 0 bridgehead atoms. The fourth-order valence-electron chi connectivity index (χ4n) is 3.15. The highest BCUT2D eigenvalue weighted by atomic mass is 19.1. The van der Waals surface area contributed by atoms with Gasteiger partial charge in [-0.2, -0.15) is 0 Å². The van der Waals surface area contributed by atoms with Crippen LogP contribution in [0.5, 0.6) is 0 Å². The molecule has 2 aromatic rings. The highest BCUT2D eigenvalue weighted by Crippen LogP contribution is 2.23. The van der Waals surface area contributed by atoms with Crippen LogP contribution in [0.4, 0.5) is 4.39 Å². The Morgan fingerprint density at radius 3 is 2.83 bits per heavy atom. The van der Waals surface area contributed by atoms with Gasteiger partial charge in [0.15, 0.2) is 0 Å². The smallest absolute Gasteiger partial charge is 0.273 e. The van der Waals surface area contributed by atoms with Crippen molar-refractivity contribution in [2.45, 2.75) is 25.2 Å². The number of imidazole rings is 2. The number of rotatable bonds is 5. The number of carbonyl (C=O) groups excluding carboxylic acids is 1. The number of nitrogens with zero attached hydrogens (tertiary/aromatic N) is 6. The molecule has 7 nitrogen and oxygen atoms in total. The van der Waals surface area contributed by atoms with Crippen molar-refractivity contribution < 1.29 is 9.18 Å². The second kappa shape index (κ2) is 6.72. The molecule has 24 heavy (non-hydrogen) atoms. The number of amides is 1. The number of aromatic nitrogens is 4. The minimum absolute atomic E-state index is 0.0191. The summed E-state index contributed by atoms with van der Waals surface area (Å²) in [5.41, 5.74) is 0.408. The monoisotopic (exact) mass is 334 g/mol. The molecule has 0 aliphatic carbocycles. The van der Waals surface area contributed by atoms with Gasteiger partial charge in [0.05, 0.1) is 12.9 Å². The van der Waals surface area contributed by atoms with E-state index in [4.69, 9.17) is 0 Å². The summed E-state index contributed by atoms with van der Waals surface area (Å²) in [7, 11) is 5.49. The first-order valence-corrected chi connectivity index (χ1v) is 8.01. The number of likely N-dealkylation sites (N-methyl/N-ethyl adjacent to an activating group) is 1. The Bertz CT molecular complexity index is 711. The first kappa shape index (κ1) is 16.6. The lowest BCUT2D eigenvalue weighted by atomic mass is 10.2. The average molecular weight is 334 g/mol. The number of likely N-dealkylation sites (tertiary alicyclic amines) is 1. The molecule has 0 spiro atoms. The van der Waals surface area contributed by atoms with Crippen molar-refractivity contribution in [2.75, 3.05) is 20.1 Å². The van der Waals surface area contributed by atoms with E-state index < -0.39 is 6.17 Å². The molecule has 0 saturated carbocycles. The van der Waals surface area contributed by atoms with Gasteiger partial charge in [-0.25, -0.2) is 14.4 Å². The molecule has 8 heteroatoms. The topological polar surface area (TPSA) is 59.2 Å². The molecule has 0 aromatic carbocycles. The molecule has 0 radical (unpaired) electrons. The molecule has 1 saturated heterocycles. The fraction of sp³-hybridized carbons (Fsp3) is 0.562. The average Bonchev–Trinajstić information content (AvgIpc) is 3.22. The van der Waals surface area contributed by atoms with Crippen LogP contribution >= 0.6 is 0 Å². The van der Waals surface area contributed by atoms with Crippen molar-refractivity contribution in [1.29, 1.82) is 0 Å². The SMILES string of the molecule is CN(C[C@@H]1C[C@H](F)CN1Cc1nccn1C)C(=O)c1cn(C)cn1. The first-order chi connectivity index (χ1) is 11.4. The highest BCUT2D eigenvalue weighted by molar-refractivity contribution is 5.91. The Kier molecular flexibility index (Phi) is 4.66. The predicted molar refractivity (Wildman–Crippen MR) is 87.1 cm³/mol. The van der Waals surface area contributed by atoms with Crippen LogP contribution in [-0.2, 0) is 20.6 Å². The number of carbonyl (C=O) groups is 1. The summed E-state index contributed by atoms with van der Waals surface area (Å²) in [6.45, 7) is 1.43. The molecule has 2 aromatic heterocycles. The van der Waals surface area contributed by atoms with E-state index in [1.165, 1.54) is 0 Å². The Morgan fingerprint density at radius 1 is 1.42 bits per heavy atom. The normalized spacial score (nSPS) is 21.3. The van der Waals surface area contributed by atoms with Crippen LogP contribution in [0.15, 0.2) is 24.9 Å². The molecule has 1 aliphatic heterocycles. The van der Waals surface area contributed by atoms with Crippen LogP contribution in [-0.4, -0.2) is 67.2 Å². The van der Waals surface area contributed by atoms with E-state index in [2.05, 4.69) is 14.9 Å². The van der Waals surface area contributed by atoms with Gasteiger partial charge in [0, 0.05) is 58.9 Å². The largest absolute Gasteiger partial charge is 0.340 e. The fourth-order valence-corrected chi connectivity index (χ4v) is 3.15. The summed E-state index contributed by atoms with van der Waals surface area (Å²) in [6, 6.07) is -0.0191. The van der Waals surface area contributed by atoms with E-state index >= 15 is 0 Å². The zero-order valence-electron chi connectivity index (χ0n) is 14.3. The lowest BCUT2D eigenvalue weighted by molar-refractivity contribution is 0.0743. The van der Waals surface area contributed by atoms with E-state index in [9.17, 15) is 9.18 Å². The Morgan fingerprint density at radius 2 is 2.21 bits per heavy atom. The molecule has 130 valence electrons. The van der Waals surface area contributed by atoms with Gasteiger partial charge in [-0.05, 0) is 6.42 Å². The summed E-state index contributed by atoms with van der Waals surface area (Å²) in [6.07, 6.45) is 6.48. The molecule has 0 N–H and O–H groups in total. The maximum absolute atomic E-state index is 13.9. The maximum Gasteiger partial charge on any atom is 0.273 e. The third-order valence-electron chi connectivity index (χ3n) is 4.50. The third kappa shape index (κ3) is 3.48. The maximum atomic E-state index is 13.9.